The molecule has 0 bridgehead atoms. The van der Waals surface area contributed by atoms with Gasteiger partial charge < -0.3 is 10.1 Å². The lowest BCUT2D eigenvalue weighted by molar-refractivity contribution is 0.415. The van der Waals surface area contributed by atoms with Crippen molar-refractivity contribution in [1.29, 1.82) is 0 Å². The van der Waals surface area contributed by atoms with Gasteiger partial charge >= 0.3 is 0 Å². The number of nitrogens with one attached hydrogen (secondary N) is 1. The highest BCUT2D eigenvalue weighted by atomic mass is 35.5. The molecule has 0 amide bonds. The number of primary sulfonamides is 1. The van der Waals surface area contributed by atoms with Crippen molar-refractivity contribution in [3.8, 4) is 5.75 Å². The highest BCUT2D eigenvalue weighted by Crippen LogP contribution is 2.29. The van der Waals surface area contributed by atoms with Gasteiger partial charge in [0.2, 0.25) is 10.0 Å². The third-order valence-electron chi connectivity index (χ3n) is 3.78. The van der Waals surface area contributed by atoms with Gasteiger partial charge in [0.05, 0.1) is 29.8 Å². The van der Waals surface area contributed by atoms with Crippen molar-refractivity contribution in [2.24, 2.45) is 10.1 Å². The van der Waals surface area contributed by atoms with Crippen LogP contribution < -0.4 is 15.2 Å². The third kappa shape index (κ3) is 5.83. The number of rotatable bonds is 6. The highest BCUT2D eigenvalue weighted by molar-refractivity contribution is 7.89. The molecule has 152 valence electrons. The van der Waals surface area contributed by atoms with E-state index in [2.05, 4.69) is 20.3 Å². The van der Waals surface area contributed by atoms with Crippen LogP contribution in [0.2, 0.25) is 5.02 Å². The average molecular weight is 438 g/mol. The molecule has 0 saturated carbocycles. The van der Waals surface area contributed by atoms with Crippen molar-refractivity contribution < 1.29 is 17.5 Å². The van der Waals surface area contributed by atoms with Gasteiger partial charge in [-0.3, -0.25) is 0 Å². The minimum absolute atomic E-state index is 0.00239. The van der Waals surface area contributed by atoms with Crippen LogP contribution in [0.3, 0.4) is 0 Å². The van der Waals surface area contributed by atoms with Gasteiger partial charge in [0.25, 0.3) is 5.95 Å². The van der Waals surface area contributed by atoms with Gasteiger partial charge in [0, 0.05) is 11.8 Å². The molecule has 1 aliphatic carbocycles. The Morgan fingerprint density at radius 2 is 2.21 bits per heavy atom. The van der Waals surface area contributed by atoms with Crippen molar-refractivity contribution in [3.05, 3.63) is 59.0 Å². The summed E-state index contributed by atoms with van der Waals surface area (Å²) < 4.78 is 41.8. The van der Waals surface area contributed by atoms with E-state index in [4.69, 9.17) is 21.5 Å². The maximum atomic E-state index is 14.1. The standard InChI is InChI=1S/C18H17ClFN5O3S/c1-28-16-8-13(5-6-14(16)19)23-17-15(20)9-22-18(25-17)24-12-4-2-3-11(7-12)10-29(21,26)27/h2,4-9H,3,10H2,1H3,(H2,21,26,27)(H,22,23,25). The number of aliphatic imine (C=N–C) groups is 1. The van der Waals surface area contributed by atoms with Gasteiger partial charge in [0.15, 0.2) is 11.6 Å². The Bertz CT molecular complexity index is 1130. The molecule has 1 aromatic carbocycles. The average Bonchev–Trinajstić information content (AvgIpc) is 2.65. The van der Waals surface area contributed by atoms with E-state index in [1.54, 1.807) is 36.4 Å². The molecule has 0 spiro atoms. The molecular weight excluding hydrogens is 421 g/mol. The van der Waals surface area contributed by atoms with Crippen LogP contribution in [0.15, 0.2) is 53.2 Å². The molecular formula is C18H17ClFN5O3S. The van der Waals surface area contributed by atoms with Crippen molar-refractivity contribution in [3.63, 3.8) is 0 Å². The molecule has 0 atom stereocenters. The number of nitrogens with two attached hydrogens (primary N) is 1. The topological polar surface area (TPSA) is 120 Å². The summed E-state index contributed by atoms with van der Waals surface area (Å²) in [5.74, 6) is -0.606. The SMILES string of the molecule is COc1cc(Nc2nc(N=C3C=CCC(CS(N)(=O)=O)=C3)ncc2F)ccc1Cl. The molecule has 8 nitrogen and oxygen atoms in total. The van der Waals surface area contributed by atoms with E-state index >= 15 is 0 Å². The second-order valence-corrected chi connectivity index (χ2v) is 8.12. The van der Waals surface area contributed by atoms with Gasteiger partial charge in [-0.15, -0.1) is 0 Å². The number of allylic oxidation sites excluding steroid dienone is 3. The van der Waals surface area contributed by atoms with E-state index in [0.29, 0.717) is 34.2 Å². The van der Waals surface area contributed by atoms with E-state index in [0.717, 1.165) is 6.20 Å². The summed E-state index contributed by atoms with van der Waals surface area (Å²) >= 11 is 5.99. The van der Waals surface area contributed by atoms with Crippen LogP contribution in [0.5, 0.6) is 5.75 Å². The van der Waals surface area contributed by atoms with Crippen LogP contribution in [0, 0.1) is 5.82 Å². The molecule has 11 heteroatoms. The number of benzene rings is 1. The molecule has 1 aromatic heterocycles. The number of methoxy groups -OCH3 is 1. The predicted octanol–water partition coefficient (Wildman–Crippen LogP) is 3.27. The number of hydrogen-bond acceptors (Lipinski definition) is 7. The van der Waals surface area contributed by atoms with Crippen LogP contribution in [0.1, 0.15) is 6.42 Å². The molecule has 3 rings (SSSR count). The van der Waals surface area contributed by atoms with Crippen LogP contribution in [-0.2, 0) is 10.0 Å². The number of nitrogens with zero attached hydrogens (tertiary/aromatic N) is 3. The summed E-state index contributed by atoms with van der Waals surface area (Å²) in [6, 6.07) is 4.85. The molecule has 0 saturated heterocycles. The quantitative estimate of drug-likeness (QED) is 0.715. The maximum absolute atomic E-state index is 14.1. The van der Waals surface area contributed by atoms with Gasteiger partial charge in [-0.2, -0.15) is 4.98 Å². The predicted molar refractivity (Wildman–Crippen MR) is 110 cm³/mol. The molecule has 0 fully saturated rings. The van der Waals surface area contributed by atoms with Crippen molar-refractivity contribution >= 4 is 44.8 Å². The summed E-state index contributed by atoms with van der Waals surface area (Å²) in [6.07, 6.45) is 6.47. The van der Waals surface area contributed by atoms with E-state index < -0.39 is 15.8 Å². The lowest BCUT2D eigenvalue weighted by Gasteiger charge is -2.10. The first-order valence-corrected chi connectivity index (χ1v) is 10.4. The van der Waals surface area contributed by atoms with Crippen LogP contribution >= 0.6 is 11.6 Å². The van der Waals surface area contributed by atoms with Crippen LogP contribution in [-0.4, -0.2) is 37.0 Å². The number of hydrogen-bond donors (Lipinski definition) is 2. The summed E-state index contributed by atoms with van der Waals surface area (Å²) in [6.45, 7) is 0. The van der Waals surface area contributed by atoms with E-state index in [1.165, 1.54) is 7.11 Å². The Morgan fingerprint density at radius 1 is 1.41 bits per heavy atom. The zero-order chi connectivity index (χ0) is 21.0. The van der Waals surface area contributed by atoms with E-state index in [9.17, 15) is 12.8 Å². The summed E-state index contributed by atoms with van der Waals surface area (Å²) in [7, 11) is -2.17. The molecule has 0 aliphatic heterocycles. The Balaban J connectivity index is 1.86. The van der Waals surface area contributed by atoms with Gasteiger partial charge in [0.1, 0.15) is 5.75 Å². The number of sulfonamides is 1. The number of halogens is 2. The molecule has 29 heavy (non-hydrogen) atoms. The van der Waals surface area contributed by atoms with Crippen LogP contribution in [0.4, 0.5) is 21.8 Å². The van der Waals surface area contributed by atoms with Gasteiger partial charge in [-0.05, 0) is 36.3 Å². The lowest BCUT2D eigenvalue weighted by Crippen LogP contribution is -2.19. The Labute approximate surface area is 172 Å². The summed E-state index contributed by atoms with van der Waals surface area (Å²) in [4.78, 5) is 12.2. The number of ether oxygens (including phenoxy) is 1. The minimum Gasteiger partial charge on any atom is -0.495 e. The van der Waals surface area contributed by atoms with Crippen molar-refractivity contribution in [2.75, 3.05) is 18.2 Å². The Morgan fingerprint density at radius 3 is 2.93 bits per heavy atom. The van der Waals surface area contributed by atoms with Crippen molar-refractivity contribution in [1.82, 2.24) is 9.97 Å². The second-order valence-electron chi connectivity index (χ2n) is 6.09. The molecule has 2 aromatic rings. The normalized spacial score (nSPS) is 15.3. The van der Waals surface area contributed by atoms with E-state index in [1.807, 2.05) is 0 Å². The third-order valence-corrected chi connectivity index (χ3v) is 4.87. The first kappa shape index (κ1) is 20.9. The second kappa shape index (κ2) is 8.68. The smallest absolute Gasteiger partial charge is 0.252 e. The minimum atomic E-state index is -3.64. The molecule has 1 aliphatic rings. The highest BCUT2D eigenvalue weighted by Gasteiger charge is 2.12. The van der Waals surface area contributed by atoms with Gasteiger partial charge in [-0.25, -0.2) is 27.9 Å². The fourth-order valence-electron chi connectivity index (χ4n) is 2.56. The Kier molecular flexibility index (Phi) is 6.26. The molecule has 1 heterocycles. The zero-order valence-corrected chi connectivity index (χ0v) is 16.8. The lowest BCUT2D eigenvalue weighted by atomic mass is 10.1. The van der Waals surface area contributed by atoms with E-state index in [-0.39, 0.29) is 17.5 Å². The summed E-state index contributed by atoms with van der Waals surface area (Å²) in [5.41, 5.74) is 1.53. The van der Waals surface area contributed by atoms with Gasteiger partial charge in [-0.1, -0.05) is 17.7 Å². The molecule has 0 unspecified atom stereocenters. The fourth-order valence-corrected chi connectivity index (χ4v) is 3.48. The largest absolute Gasteiger partial charge is 0.495 e. The van der Waals surface area contributed by atoms with Crippen LogP contribution in [0.25, 0.3) is 0 Å². The monoisotopic (exact) mass is 437 g/mol. The number of anilines is 2. The number of aromatic nitrogens is 2. The summed E-state index contributed by atoms with van der Waals surface area (Å²) in [5, 5.41) is 8.32. The molecule has 0 radical (unpaired) electrons. The first-order chi connectivity index (χ1) is 13.7. The molecule has 3 N–H and O–H groups in total. The van der Waals surface area contributed by atoms with Crippen molar-refractivity contribution in [2.45, 2.75) is 6.42 Å². The zero-order valence-electron chi connectivity index (χ0n) is 15.3. The first-order valence-electron chi connectivity index (χ1n) is 8.32. The Hall–Kier alpha value is -2.82. The maximum Gasteiger partial charge on any atom is 0.252 e. The fraction of sp³-hybridized carbons (Fsp3) is 0.167.